The summed E-state index contributed by atoms with van der Waals surface area (Å²) in [5, 5.41) is 31.3. The van der Waals surface area contributed by atoms with Crippen molar-refractivity contribution in [1.82, 2.24) is 10.7 Å². The number of unbranched alkanes of at least 4 members (excludes halogenated alkanes) is 1. The zero-order valence-corrected chi connectivity index (χ0v) is 18.8. The number of carbonyl (C=O) groups excluding carboxylic acids is 2. The van der Waals surface area contributed by atoms with Gasteiger partial charge in [-0.2, -0.15) is 0 Å². The molecular weight excluding hydrogens is 405 g/mol. The molecule has 0 aromatic rings. The third-order valence-corrected chi connectivity index (χ3v) is 4.59. The van der Waals surface area contributed by atoms with Crippen molar-refractivity contribution in [3.05, 3.63) is 21.8 Å². The molecule has 0 bridgehead atoms. The molecule has 11 nitrogen and oxygen atoms in total. The predicted octanol–water partition coefficient (Wildman–Crippen LogP) is 0.727. The van der Waals surface area contributed by atoms with Crippen LogP contribution >= 0.6 is 0 Å². The smallest absolute Gasteiger partial charge is 0.426 e. The Morgan fingerprint density at radius 3 is 2.48 bits per heavy atom. The van der Waals surface area contributed by atoms with Crippen molar-refractivity contribution >= 4 is 24.8 Å². The first-order valence-electron chi connectivity index (χ1n) is 10.5. The van der Waals surface area contributed by atoms with Crippen LogP contribution < -0.4 is 16.5 Å². The van der Waals surface area contributed by atoms with Gasteiger partial charge in [0.25, 0.3) is 5.96 Å². The van der Waals surface area contributed by atoms with Crippen LogP contribution in [0.2, 0.25) is 0 Å². The summed E-state index contributed by atoms with van der Waals surface area (Å²) >= 11 is 0. The van der Waals surface area contributed by atoms with Gasteiger partial charge in [-0.1, -0.05) is 38.7 Å². The summed E-state index contributed by atoms with van der Waals surface area (Å²) in [5.41, 5.74) is 7.68. The lowest BCUT2D eigenvalue weighted by Gasteiger charge is -2.23. The first-order chi connectivity index (χ1) is 14.5. The van der Waals surface area contributed by atoms with Crippen LogP contribution in [0.1, 0.15) is 66.2 Å². The number of ketones is 1. The topological polar surface area (TPSA) is 180 Å². The molecule has 0 rings (SSSR count). The molecule has 0 aromatic carbocycles. The van der Waals surface area contributed by atoms with Crippen molar-refractivity contribution in [2.75, 3.05) is 6.54 Å². The van der Waals surface area contributed by atoms with Gasteiger partial charge in [0.1, 0.15) is 0 Å². The summed E-state index contributed by atoms with van der Waals surface area (Å²) in [6.07, 6.45) is 4.48. The summed E-state index contributed by atoms with van der Waals surface area (Å²) in [4.78, 5) is 39.5. The second kappa shape index (κ2) is 15.4. The van der Waals surface area contributed by atoms with E-state index in [-0.39, 0.29) is 37.0 Å². The first-order valence-corrected chi connectivity index (χ1v) is 10.5. The summed E-state index contributed by atoms with van der Waals surface area (Å²) in [6, 6.07) is 0. The van der Waals surface area contributed by atoms with Crippen molar-refractivity contribution in [3.8, 4) is 0 Å². The summed E-state index contributed by atoms with van der Waals surface area (Å²) in [7, 11) is -1.72. The van der Waals surface area contributed by atoms with Crippen LogP contribution in [0.15, 0.2) is 16.6 Å². The van der Waals surface area contributed by atoms with E-state index in [4.69, 9.17) is 5.73 Å². The van der Waals surface area contributed by atoms with Crippen LogP contribution in [0.25, 0.3) is 0 Å². The molecule has 6 N–H and O–H groups in total. The number of allylic oxidation sites excluding steroid dienone is 2. The van der Waals surface area contributed by atoms with Gasteiger partial charge in [0.05, 0.1) is 5.94 Å². The van der Waals surface area contributed by atoms with Crippen LogP contribution in [-0.4, -0.2) is 52.3 Å². The fourth-order valence-electron chi connectivity index (χ4n) is 2.92. The van der Waals surface area contributed by atoms with Crippen LogP contribution in [0.4, 0.5) is 0 Å². The van der Waals surface area contributed by atoms with E-state index in [1.165, 1.54) is 0 Å². The molecule has 0 saturated heterocycles. The second-order valence-corrected chi connectivity index (χ2v) is 7.94. The number of rotatable bonds is 15. The van der Waals surface area contributed by atoms with Gasteiger partial charge in [-0.15, -0.1) is 0 Å². The Hall–Kier alpha value is -2.47. The summed E-state index contributed by atoms with van der Waals surface area (Å²) in [6.45, 7) is 7.63. The van der Waals surface area contributed by atoms with E-state index in [9.17, 15) is 29.8 Å². The monoisotopic (exact) mass is 441 g/mol. The highest BCUT2D eigenvalue weighted by Gasteiger charge is 2.30. The molecule has 0 spiro atoms. The largest absolute Gasteiger partial charge is 0.475 e. The number of nitro groups is 1. The molecule has 0 saturated carbocycles. The average molecular weight is 441 g/mol. The van der Waals surface area contributed by atoms with E-state index in [1.807, 2.05) is 26.8 Å². The van der Waals surface area contributed by atoms with Crippen molar-refractivity contribution in [1.29, 1.82) is 0 Å². The first kappa shape index (κ1) is 28.5. The van der Waals surface area contributed by atoms with Crippen molar-refractivity contribution in [3.63, 3.8) is 0 Å². The highest BCUT2D eigenvalue weighted by Crippen LogP contribution is 2.17. The van der Waals surface area contributed by atoms with Crippen LogP contribution in [0, 0.1) is 22.0 Å². The van der Waals surface area contributed by atoms with E-state index >= 15 is 0 Å². The van der Waals surface area contributed by atoms with Crippen LogP contribution in [-0.2, 0) is 9.59 Å². The van der Waals surface area contributed by atoms with Gasteiger partial charge in [0.15, 0.2) is 10.8 Å². The molecule has 31 heavy (non-hydrogen) atoms. The minimum Gasteiger partial charge on any atom is -0.426 e. The standard InChI is InChI=1S/C19H36BN5O6/c1-5-6-8-14(4)16(26)12-15(9-7-10-22-19(21)24-25(30)31)18(27)23-17(20(28)29)11-13(2)3/h8,13,15,17,28-29H,5-7,9-12H2,1-4H3,(H,23,27)(H3,21,22,24)/b14-8+/t15-,17+/m1/s1. The molecule has 12 heteroatoms. The van der Waals surface area contributed by atoms with Crippen molar-refractivity contribution in [2.24, 2.45) is 22.6 Å². The number of nitrogens with zero attached hydrogens (tertiary/aromatic N) is 2. The lowest BCUT2D eigenvalue weighted by atomic mass is 9.74. The number of hydrogen-bond acceptors (Lipinski definition) is 7. The maximum atomic E-state index is 12.8. The van der Waals surface area contributed by atoms with Gasteiger partial charge in [-0.05, 0) is 44.1 Å². The Bertz CT molecular complexity index is 654. The highest BCUT2D eigenvalue weighted by atomic mass is 16.7. The number of amides is 1. The molecule has 0 heterocycles. The van der Waals surface area contributed by atoms with Crippen LogP contribution in [0.5, 0.6) is 0 Å². The maximum absolute atomic E-state index is 12.8. The lowest BCUT2D eigenvalue weighted by molar-refractivity contribution is -0.525. The molecule has 0 aliphatic rings. The number of hydrazine groups is 1. The van der Waals surface area contributed by atoms with Gasteiger partial charge in [-0.25, -0.2) is 15.1 Å². The Morgan fingerprint density at radius 1 is 1.32 bits per heavy atom. The van der Waals surface area contributed by atoms with E-state index in [1.54, 1.807) is 12.3 Å². The van der Waals surface area contributed by atoms with E-state index in [0.717, 1.165) is 12.8 Å². The number of guanidine groups is 1. The van der Waals surface area contributed by atoms with Gasteiger partial charge >= 0.3 is 7.12 Å². The molecule has 0 fully saturated rings. The lowest BCUT2D eigenvalue weighted by Crippen LogP contribution is -2.49. The summed E-state index contributed by atoms with van der Waals surface area (Å²) < 4.78 is 0. The van der Waals surface area contributed by atoms with E-state index in [0.29, 0.717) is 18.4 Å². The number of hydrogen-bond donors (Lipinski definition) is 5. The molecule has 0 aliphatic carbocycles. The molecule has 0 unspecified atom stereocenters. The normalized spacial score (nSPS) is 14.2. The van der Waals surface area contributed by atoms with Crippen molar-refractivity contribution in [2.45, 2.75) is 72.2 Å². The average Bonchev–Trinajstić information content (AvgIpc) is 2.66. The molecule has 0 radical (unpaired) electrons. The van der Waals surface area contributed by atoms with Gasteiger partial charge in [0, 0.05) is 18.9 Å². The Morgan fingerprint density at radius 2 is 1.97 bits per heavy atom. The number of Topliss-reactive ketones (excluding diaryl/α,β-unsaturated/α-hetero) is 1. The fourth-order valence-corrected chi connectivity index (χ4v) is 2.92. The molecule has 0 aliphatic heterocycles. The second-order valence-electron chi connectivity index (χ2n) is 7.94. The van der Waals surface area contributed by atoms with Gasteiger partial charge < -0.3 is 21.1 Å². The number of carbonyl (C=O) groups is 2. The number of aliphatic imine (C=N–C) groups is 1. The molecule has 1 amide bonds. The van der Waals surface area contributed by atoms with Crippen LogP contribution in [0.3, 0.4) is 0 Å². The summed E-state index contributed by atoms with van der Waals surface area (Å²) in [5.74, 6) is -2.38. The van der Waals surface area contributed by atoms with E-state index in [2.05, 4.69) is 10.3 Å². The SMILES string of the molecule is CCC/C=C(\C)C(=O)C[C@@H](CCCN=C(N)N[N+](=O)[O-])C(=O)N[C@@H](CC(C)C)B(O)O. The van der Waals surface area contributed by atoms with Gasteiger partial charge in [0.2, 0.25) is 5.91 Å². The van der Waals surface area contributed by atoms with E-state index < -0.39 is 29.9 Å². The molecule has 176 valence electrons. The highest BCUT2D eigenvalue weighted by molar-refractivity contribution is 6.43. The number of nitrogens with one attached hydrogen (secondary N) is 2. The zero-order chi connectivity index (χ0) is 24.0. The zero-order valence-electron chi connectivity index (χ0n) is 18.8. The molecular formula is C19H36BN5O6. The number of nitrogens with two attached hydrogens (primary N) is 1. The van der Waals surface area contributed by atoms with Crippen molar-refractivity contribution < 1.29 is 24.7 Å². The fraction of sp³-hybridized carbons (Fsp3) is 0.737. The third kappa shape index (κ3) is 13.5. The third-order valence-electron chi connectivity index (χ3n) is 4.59. The Balaban J connectivity index is 5.21. The Kier molecular flexibility index (Phi) is 14.1. The minimum absolute atomic E-state index is 0.0276. The van der Waals surface area contributed by atoms with Gasteiger partial charge in [-0.3, -0.25) is 9.59 Å². The minimum atomic E-state index is -1.72. The molecule has 2 atom stereocenters. The Labute approximate surface area is 183 Å². The molecule has 0 aromatic heterocycles. The quantitative estimate of drug-likeness (QED) is 0.0469. The predicted molar refractivity (Wildman–Crippen MR) is 119 cm³/mol. The maximum Gasteiger partial charge on any atom is 0.475 e.